The van der Waals surface area contributed by atoms with Crippen molar-refractivity contribution in [3.63, 3.8) is 0 Å². The maximum atomic E-state index is 10.3. The van der Waals surface area contributed by atoms with Crippen molar-refractivity contribution in [2.24, 2.45) is 17.6 Å². The van der Waals surface area contributed by atoms with Crippen LogP contribution in [-0.4, -0.2) is 19.2 Å². The molecule has 0 spiro atoms. The van der Waals surface area contributed by atoms with Crippen molar-refractivity contribution in [3.05, 3.63) is 0 Å². The maximum absolute atomic E-state index is 10.3. The van der Waals surface area contributed by atoms with Gasteiger partial charge in [-0.2, -0.15) is 0 Å². The number of rotatable bonds is 3. The van der Waals surface area contributed by atoms with E-state index in [1.807, 2.05) is 0 Å². The topological polar surface area (TPSA) is 46.2 Å². The zero-order valence-electron chi connectivity index (χ0n) is 11.6. The van der Waals surface area contributed by atoms with Crippen molar-refractivity contribution in [2.75, 3.05) is 0 Å². The summed E-state index contributed by atoms with van der Waals surface area (Å²) in [6.45, 7) is 10.8. The smallest absolute Gasteiger partial charge is 0.188 e. The van der Waals surface area contributed by atoms with Gasteiger partial charge in [0.05, 0.1) is 0 Å². The minimum Gasteiger partial charge on any atom is -0.432 e. The summed E-state index contributed by atoms with van der Waals surface area (Å²) in [6, 6.07) is 0.373. The second kappa shape index (κ2) is 4.79. The molecule has 0 saturated heterocycles. The largest absolute Gasteiger partial charge is 0.432 e. The number of nitrogens with two attached hydrogens (primary N) is 1. The van der Waals surface area contributed by atoms with Crippen LogP contribution >= 0.6 is 0 Å². The first-order chi connectivity index (χ1) is 7.13. The molecule has 3 atom stereocenters. The minimum atomic E-state index is -2.05. The van der Waals surface area contributed by atoms with Gasteiger partial charge < -0.3 is 10.5 Å². The van der Waals surface area contributed by atoms with Crippen molar-refractivity contribution in [1.82, 2.24) is 0 Å². The van der Waals surface area contributed by atoms with E-state index in [-0.39, 0.29) is 5.04 Å². The van der Waals surface area contributed by atoms with Crippen molar-refractivity contribution >= 4 is 8.32 Å². The molecule has 16 heavy (non-hydrogen) atoms. The van der Waals surface area contributed by atoms with Crippen LogP contribution in [0.4, 0.5) is 0 Å². The highest BCUT2D eigenvalue weighted by molar-refractivity contribution is 6.72. The second-order valence-corrected chi connectivity index (χ2v) is 11.4. The Bertz CT molecular complexity index is 235. The lowest BCUT2D eigenvalue weighted by Crippen LogP contribution is -2.42. The third kappa shape index (κ3) is 3.31. The van der Waals surface area contributed by atoms with E-state index in [0.717, 1.165) is 18.8 Å². The van der Waals surface area contributed by atoms with Crippen LogP contribution < -0.4 is 5.73 Å². The van der Waals surface area contributed by atoms with Crippen molar-refractivity contribution < 1.29 is 4.80 Å². The minimum absolute atomic E-state index is 0.109. The predicted octanol–water partition coefficient (Wildman–Crippen LogP) is 3.12. The molecule has 0 heterocycles. The van der Waals surface area contributed by atoms with Crippen LogP contribution in [0, 0.1) is 11.8 Å². The van der Waals surface area contributed by atoms with Crippen LogP contribution in [0.1, 0.15) is 46.5 Å². The summed E-state index contributed by atoms with van der Waals surface area (Å²) >= 11 is 0. The van der Waals surface area contributed by atoms with Crippen LogP contribution in [-0.2, 0) is 0 Å². The molecule has 1 aliphatic rings. The first kappa shape index (κ1) is 14.2. The van der Waals surface area contributed by atoms with Crippen LogP contribution in [0.5, 0.6) is 0 Å². The first-order valence-electron chi connectivity index (χ1n) is 6.61. The van der Waals surface area contributed by atoms with E-state index in [1.54, 1.807) is 0 Å². The highest BCUT2D eigenvalue weighted by atomic mass is 28.4. The molecule has 0 amide bonds. The Balaban J connectivity index is 2.55. The fourth-order valence-electron chi connectivity index (χ4n) is 2.60. The lowest BCUT2D eigenvalue weighted by Gasteiger charge is -2.41. The third-order valence-corrected chi connectivity index (χ3v) is 8.34. The molecule has 0 aromatic carbocycles. The monoisotopic (exact) mass is 243 g/mol. The van der Waals surface area contributed by atoms with E-state index >= 15 is 0 Å². The highest BCUT2D eigenvalue weighted by Crippen LogP contribution is 2.45. The molecular formula is C13H29NOSi. The molecule has 3 N–H and O–H groups in total. The van der Waals surface area contributed by atoms with Crippen LogP contribution in [0.25, 0.3) is 0 Å². The Morgan fingerprint density at radius 3 is 2.31 bits per heavy atom. The van der Waals surface area contributed by atoms with Gasteiger partial charge in [0.15, 0.2) is 8.32 Å². The van der Waals surface area contributed by atoms with Gasteiger partial charge in [0.2, 0.25) is 0 Å². The predicted molar refractivity (Wildman–Crippen MR) is 72.8 cm³/mol. The standard InChI is InChI=1S/C13H29NOSi/c1-10-6-7-11(8-12(10)14)9-13(2,3)16(4,5)15/h10-12,15H,6-9,14H2,1-5H3/t10-,11+,12-/m0/s1. The lowest BCUT2D eigenvalue weighted by atomic mass is 9.76. The maximum Gasteiger partial charge on any atom is 0.188 e. The fourth-order valence-corrected chi connectivity index (χ4v) is 3.39. The summed E-state index contributed by atoms with van der Waals surface area (Å²) < 4.78 is 0. The molecule has 0 aromatic rings. The van der Waals surface area contributed by atoms with Gasteiger partial charge in [0.25, 0.3) is 0 Å². The van der Waals surface area contributed by atoms with Crippen LogP contribution in [0.3, 0.4) is 0 Å². The molecule has 96 valence electrons. The average molecular weight is 243 g/mol. The molecule has 0 aliphatic heterocycles. The van der Waals surface area contributed by atoms with Crippen molar-refractivity contribution in [1.29, 1.82) is 0 Å². The molecule has 0 unspecified atom stereocenters. The van der Waals surface area contributed by atoms with Crippen molar-refractivity contribution in [2.45, 2.75) is 70.6 Å². The molecule has 1 aliphatic carbocycles. The molecule has 2 nitrogen and oxygen atoms in total. The van der Waals surface area contributed by atoms with Gasteiger partial charge in [-0.1, -0.05) is 27.2 Å². The Labute approximate surface area is 102 Å². The second-order valence-electron chi connectivity index (χ2n) is 6.97. The van der Waals surface area contributed by atoms with Gasteiger partial charge in [-0.25, -0.2) is 0 Å². The van der Waals surface area contributed by atoms with Gasteiger partial charge in [-0.3, -0.25) is 0 Å². The van der Waals surface area contributed by atoms with Gasteiger partial charge in [-0.15, -0.1) is 0 Å². The fraction of sp³-hybridized carbons (Fsp3) is 1.00. The molecule has 3 heteroatoms. The molecule has 0 radical (unpaired) electrons. The highest BCUT2D eigenvalue weighted by Gasteiger charge is 2.40. The molecule has 1 rings (SSSR count). The van der Waals surface area contributed by atoms with Crippen LogP contribution in [0.15, 0.2) is 0 Å². The Morgan fingerprint density at radius 1 is 1.31 bits per heavy atom. The Hall–Kier alpha value is 0.137. The molecular weight excluding hydrogens is 214 g/mol. The van der Waals surface area contributed by atoms with E-state index in [9.17, 15) is 4.80 Å². The van der Waals surface area contributed by atoms with E-state index in [2.05, 4.69) is 33.9 Å². The normalized spacial score (nSPS) is 32.8. The number of hydrogen-bond donors (Lipinski definition) is 2. The summed E-state index contributed by atoms with van der Waals surface area (Å²) in [6.07, 6.45) is 4.84. The lowest BCUT2D eigenvalue weighted by molar-refractivity contribution is 0.222. The Kier molecular flexibility index (Phi) is 4.25. The average Bonchev–Trinajstić information content (AvgIpc) is 2.09. The van der Waals surface area contributed by atoms with Crippen LogP contribution in [0.2, 0.25) is 18.1 Å². The van der Waals surface area contributed by atoms with E-state index in [4.69, 9.17) is 5.73 Å². The van der Waals surface area contributed by atoms with E-state index in [0.29, 0.717) is 12.0 Å². The van der Waals surface area contributed by atoms with E-state index < -0.39 is 8.32 Å². The molecule has 1 fully saturated rings. The summed E-state index contributed by atoms with van der Waals surface area (Å²) in [5, 5.41) is 0.109. The zero-order valence-corrected chi connectivity index (χ0v) is 12.6. The molecule has 0 bridgehead atoms. The first-order valence-corrected chi connectivity index (χ1v) is 9.56. The third-order valence-electron chi connectivity index (χ3n) is 4.82. The number of hydrogen-bond acceptors (Lipinski definition) is 2. The van der Waals surface area contributed by atoms with Gasteiger partial charge in [0.1, 0.15) is 0 Å². The summed E-state index contributed by atoms with van der Waals surface area (Å²) in [7, 11) is -2.05. The van der Waals surface area contributed by atoms with E-state index in [1.165, 1.54) is 12.8 Å². The van der Waals surface area contributed by atoms with Crippen molar-refractivity contribution in [3.8, 4) is 0 Å². The Morgan fingerprint density at radius 2 is 1.88 bits per heavy atom. The molecule has 1 saturated carbocycles. The van der Waals surface area contributed by atoms with Gasteiger partial charge in [-0.05, 0) is 49.2 Å². The molecule has 0 aromatic heterocycles. The SMILES string of the molecule is C[C@H]1CC[C@@H](CC(C)(C)[Si](C)(C)O)C[C@@H]1N. The quantitative estimate of drug-likeness (QED) is 0.748. The van der Waals surface area contributed by atoms with Gasteiger partial charge >= 0.3 is 0 Å². The summed E-state index contributed by atoms with van der Waals surface area (Å²) in [5.41, 5.74) is 6.15. The summed E-state index contributed by atoms with van der Waals surface area (Å²) in [5.74, 6) is 1.40. The summed E-state index contributed by atoms with van der Waals surface area (Å²) in [4.78, 5) is 10.3. The van der Waals surface area contributed by atoms with Gasteiger partial charge in [0, 0.05) is 6.04 Å². The zero-order chi connectivity index (χ0) is 12.6.